The monoisotopic (exact) mass is 161 g/mol. The van der Waals surface area contributed by atoms with Gasteiger partial charge in [0.05, 0.1) is 0 Å². The van der Waals surface area contributed by atoms with Crippen LogP contribution in [0.5, 0.6) is 0 Å². The molecule has 0 bridgehead atoms. The lowest BCUT2D eigenvalue weighted by molar-refractivity contribution is -0.138. The fourth-order valence-corrected chi connectivity index (χ4v) is 0.715. The molecule has 0 saturated heterocycles. The maximum atomic E-state index is 10.2. The van der Waals surface area contributed by atoms with E-state index >= 15 is 0 Å². The SMILES string of the molecule is NNCCCCC(N)C(=O)O. The van der Waals surface area contributed by atoms with Gasteiger partial charge in [-0.05, 0) is 19.3 Å². The van der Waals surface area contributed by atoms with Crippen molar-refractivity contribution in [1.29, 1.82) is 0 Å². The van der Waals surface area contributed by atoms with E-state index in [4.69, 9.17) is 16.7 Å². The molecule has 0 aromatic heterocycles. The molecule has 1 atom stereocenters. The minimum absolute atomic E-state index is 0.511. The van der Waals surface area contributed by atoms with Gasteiger partial charge in [-0.1, -0.05) is 0 Å². The van der Waals surface area contributed by atoms with E-state index in [0.717, 1.165) is 12.8 Å². The molecule has 0 aromatic carbocycles. The molecule has 6 N–H and O–H groups in total. The van der Waals surface area contributed by atoms with Crippen LogP contribution in [-0.4, -0.2) is 23.7 Å². The summed E-state index contributed by atoms with van der Waals surface area (Å²) in [6.07, 6.45) is 2.16. The number of nitrogens with two attached hydrogens (primary N) is 2. The lowest BCUT2D eigenvalue weighted by Crippen LogP contribution is -2.30. The van der Waals surface area contributed by atoms with E-state index < -0.39 is 12.0 Å². The molecule has 66 valence electrons. The summed E-state index contributed by atoms with van der Waals surface area (Å²) in [4.78, 5) is 10.2. The number of aliphatic carboxylic acids is 1. The summed E-state index contributed by atoms with van der Waals surface area (Å²) in [5.41, 5.74) is 7.73. The van der Waals surface area contributed by atoms with Gasteiger partial charge in [0.25, 0.3) is 0 Å². The zero-order valence-corrected chi connectivity index (χ0v) is 6.42. The minimum atomic E-state index is -0.939. The second-order valence-corrected chi connectivity index (χ2v) is 2.39. The summed E-state index contributed by atoms with van der Waals surface area (Å²) in [7, 11) is 0. The van der Waals surface area contributed by atoms with Crippen LogP contribution in [0, 0.1) is 0 Å². The Kier molecular flexibility index (Phi) is 5.73. The Labute approximate surface area is 65.7 Å². The largest absolute Gasteiger partial charge is 0.480 e. The lowest BCUT2D eigenvalue weighted by atomic mass is 10.1. The van der Waals surface area contributed by atoms with Crippen molar-refractivity contribution in [2.75, 3.05) is 6.54 Å². The Balaban J connectivity index is 3.17. The number of nitrogens with one attached hydrogen (secondary N) is 1. The van der Waals surface area contributed by atoms with Crippen LogP contribution < -0.4 is 17.0 Å². The van der Waals surface area contributed by atoms with E-state index in [1.807, 2.05) is 0 Å². The van der Waals surface area contributed by atoms with Crippen LogP contribution in [0.15, 0.2) is 0 Å². The summed E-state index contributed by atoms with van der Waals surface area (Å²) in [6.45, 7) is 0.701. The van der Waals surface area contributed by atoms with Gasteiger partial charge >= 0.3 is 5.97 Å². The van der Waals surface area contributed by atoms with Gasteiger partial charge in [-0.15, -0.1) is 0 Å². The molecule has 0 rings (SSSR count). The van der Waals surface area contributed by atoms with Crippen LogP contribution in [0.1, 0.15) is 19.3 Å². The van der Waals surface area contributed by atoms with Gasteiger partial charge < -0.3 is 10.8 Å². The average Bonchev–Trinajstić information content (AvgIpc) is 1.97. The fraction of sp³-hybridized carbons (Fsp3) is 0.833. The Morgan fingerprint density at radius 1 is 1.55 bits per heavy atom. The van der Waals surface area contributed by atoms with Gasteiger partial charge in [-0.2, -0.15) is 0 Å². The number of rotatable bonds is 6. The molecule has 5 nitrogen and oxygen atoms in total. The van der Waals surface area contributed by atoms with Gasteiger partial charge in [0.1, 0.15) is 6.04 Å². The number of carboxylic acid groups (broad SMARTS) is 1. The highest BCUT2D eigenvalue weighted by Crippen LogP contribution is 1.97. The van der Waals surface area contributed by atoms with Crippen molar-refractivity contribution in [2.45, 2.75) is 25.3 Å². The van der Waals surface area contributed by atoms with Crippen LogP contribution in [0.25, 0.3) is 0 Å². The molecule has 0 radical (unpaired) electrons. The van der Waals surface area contributed by atoms with Crippen LogP contribution in [-0.2, 0) is 4.79 Å². The minimum Gasteiger partial charge on any atom is -0.480 e. The molecule has 0 spiro atoms. The van der Waals surface area contributed by atoms with Crippen LogP contribution >= 0.6 is 0 Å². The predicted molar refractivity (Wildman–Crippen MR) is 41.7 cm³/mol. The highest BCUT2D eigenvalue weighted by atomic mass is 16.4. The molecule has 0 aliphatic heterocycles. The highest BCUT2D eigenvalue weighted by Gasteiger charge is 2.09. The van der Waals surface area contributed by atoms with E-state index in [2.05, 4.69) is 5.43 Å². The number of hydrazine groups is 1. The molecule has 0 fully saturated rings. The fourth-order valence-electron chi connectivity index (χ4n) is 0.715. The van der Waals surface area contributed by atoms with Crippen molar-refractivity contribution in [3.8, 4) is 0 Å². The standard InChI is InChI=1S/C6H15N3O2/c7-5(6(10)11)3-1-2-4-9-8/h5,9H,1-4,7-8H2,(H,10,11). The predicted octanol–water partition coefficient (Wildman–Crippen LogP) is -0.968. The Hall–Kier alpha value is -0.650. The quantitative estimate of drug-likeness (QED) is 0.228. The summed E-state index contributed by atoms with van der Waals surface area (Å²) in [6, 6.07) is -0.729. The van der Waals surface area contributed by atoms with Gasteiger partial charge in [-0.3, -0.25) is 16.1 Å². The Morgan fingerprint density at radius 3 is 2.64 bits per heavy atom. The van der Waals surface area contributed by atoms with Crippen molar-refractivity contribution < 1.29 is 9.90 Å². The first-order chi connectivity index (χ1) is 5.18. The Bertz CT molecular complexity index is 118. The average molecular weight is 161 g/mol. The number of carboxylic acids is 1. The van der Waals surface area contributed by atoms with Crippen molar-refractivity contribution in [3.05, 3.63) is 0 Å². The van der Waals surface area contributed by atoms with Crippen LogP contribution in [0.4, 0.5) is 0 Å². The molecule has 0 heterocycles. The maximum absolute atomic E-state index is 10.2. The third kappa shape index (κ3) is 5.78. The first kappa shape index (κ1) is 10.3. The molecule has 0 aliphatic carbocycles. The molecule has 1 unspecified atom stereocenters. The number of unbranched alkanes of at least 4 members (excludes halogenated alkanes) is 1. The van der Waals surface area contributed by atoms with Gasteiger partial charge in [-0.25, -0.2) is 0 Å². The molecular weight excluding hydrogens is 146 g/mol. The maximum Gasteiger partial charge on any atom is 0.320 e. The molecular formula is C6H15N3O2. The number of hydrogen-bond donors (Lipinski definition) is 4. The second-order valence-electron chi connectivity index (χ2n) is 2.39. The van der Waals surface area contributed by atoms with E-state index in [-0.39, 0.29) is 0 Å². The topological polar surface area (TPSA) is 101 Å². The third-order valence-electron chi connectivity index (χ3n) is 1.40. The van der Waals surface area contributed by atoms with E-state index in [9.17, 15) is 4.79 Å². The van der Waals surface area contributed by atoms with E-state index in [1.54, 1.807) is 0 Å². The molecule has 0 aromatic rings. The first-order valence-electron chi connectivity index (χ1n) is 3.60. The highest BCUT2D eigenvalue weighted by molar-refractivity contribution is 5.72. The van der Waals surface area contributed by atoms with Gasteiger partial charge in [0.15, 0.2) is 0 Å². The molecule has 0 aliphatic rings. The number of carbonyl (C=O) groups is 1. The van der Waals surface area contributed by atoms with Gasteiger partial charge in [0.2, 0.25) is 0 Å². The third-order valence-corrected chi connectivity index (χ3v) is 1.40. The Morgan fingerprint density at radius 2 is 2.18 bits per heavy atom. The van der Waals surface area contributed by atoms with Crippen molar-refractivity contribution >= 4 is 5.97 Å². The van der Waals surface area contributed by atoms with Gasteiger partial charge in [0, 0.05) is 6.54 Å². The van der Waals surface area contributed by atoms with Crippen molar-refractivity contribution in [1.82, 2.24) is 5.43 Å². The van der Waals surface area contributed by atoms with Crippen molar-refractivity contribution in [2.24, 2.45) is 11.6 Å². The van der Waals surface area contributed by atoms with E-state index in [1.165, 1.54) is 0 Å². The van der Waals surface area contributed by atoms with Crippen LogP contribution in [0.3, 0.4) is 0 Å². The summed E-state index contributed by atoms with van der Waals surface area (Å²) in [5, 5.41) is 8.37. The smallest absolute Gasteiger partial charge is 0.320 e. The zero-order valence-electron chi connectivity index (χ0n) is 6.42. The molecule has 11 heavy (non-hydrogen) atoms. The van der Waals surface area contributed by atoms with Crippen LogP contribution in [0.2, 0.25) is 0 Å². The summed E-state index contributed by atoms with van der Waals surface area (Å²) >= 11 is 0. The first-order valence-corrected chi connectivity index (χ1v) is 3.60. The zero-order chi connectivity index (χ0) is 8.69. The normalized spacial score (nSPS) is 12.9. The second kappa shape index (κ2) is 6.09. The summed E-state index contributed by atoms with van der Waals surface area (Å²) < 4.78 is 0. The number of hydrogen-bond acceptors (Lipinski definition) is 4. The molecule has 5 heteroatoms. The van der Waals surface area contributed by atoms with E-state index in [0.29, 0.717) is 13.0 Å². The lowest BCUT2D eigenvalue weighted by Gasteiger charge is -2.04. The summed E-state index contributed by atoms with van der Waals surface area (Å²) in [5.74, 6) is 4.07. The molecule has 0 saturated carbocycles. The molecule has 0 amide bonds. The van der Waals surface area contributed by atoms with Crippen molar-refractivity contribution in [3.63, 3.8) is 0 Å².